The van der Waals surface area contributed by atoms with Gasteiger partial charge in [-0.15, -0.1) is 0 Å². The van der Waals surface area contributed by atoms with E-state index in [0.717, 1.165) is 18.5 Å². The smallest absolute Gasteiger partial charge is 0.0447 e. The molecule has 0 saturated heterocycles. The van der Waals surface area contributed by atoms with Gasteiger partial charge in [0, 0.05) is 17.0 Å². The van der Waals surface area contributed by atoms with Gasteiger partial charge in [-0.25, -0.2) is 0 Å². The molecule has 0 spiro atoms. The molecule has 2 rings (SSSR count). The van der Waals surface area contributed by atoms with Crippen LogP contribution in [0.4, 0.5) is 0 Å². The second-order valence-corrected chi connectivity index (χ2v) is 4.72. The van der Waals surface area contributed by atoms with Crippen molar-refractivity contribution >= 4 is 5.70 Å². The summed E-state index contributed by atoms with van der Waals surface area (Å²) in [6.07, 6.45) is 2.30. The minimum Gasteiger partial charge on any atom is -0.359 e. The number of benzene rings is 1. The number of fused-ring (bicyclic) bond motifs is 1. The summed E-state index contributed by atoms with van der Waals surface area (Å²) >= 11 is 0. The van der Waals surface area contributed by atoms with Crippen molar-refractivity contribution in [2.75, 3.05) is 0 Å². The van der Waals surface area contributed by atoms with Crippen molar-refractivity contribution < 1.29 is 0 Å². The van der Waals surface area contributed by atoms with Gasteiger partial charge in [0.15, 0.2) is 0 Å². The van der Waals surface area contributed by atoms with Crippen molar-refractivity contribution in [3.63, 3.8) is 0 Å². The molecular weight excluding hydrogens is 194 g/mol. The van der Waals surface area contributed by atoms with E-state index < -0.39 is 0 Å². The largest absolute Gasteiger partial charge is 0.359 e. The highest BCUT2D eigenvalue weighted by Crippen LogP contribution is 2.30. The fourth-order valence-electron chi connectivity index (χ4n) is 2.24. The van der Waals surface area contributed by atoms with Crippen LogP contribution in [0.1, 0.15) is 37.0 Å². The summed E-state index contributed by atoms with van der Waals surface area (Å²) in [7, 11) is 0. The van der Waals surface area contributed by atoms with Gasteiger partial charge in [-0.2, -0.15) is 0 Å². The van der Waals surface area contributed by atoms with E-state index in [1.807, 2.05) is 6.92 Å². The van der Waals surface area contributed by atoms with Gasteiger partial charge in [0.2, 0.25) is 0 Å². The van der Waals surface area contributed by atoms with Gasteiger partial charge in [-0.05, 0) is 44.7 Å². The number of rotatable bonds is 2. The van der Waals surface area contributed by atoms with Crippen LogP contribution < -0.4 is 5.32 Å². The van der Waals surface area contributed by atoms with Crippen LogP contribution in [0.2, 0.25) is 0 Å². The Morgan fingerprint density at radius 1 is 1.25 bits per heavy atom. The van der Waals surface area contributed by atoms with E-state index in [1.165, 1.54) is 28.0 Å². The van der Waals surface area contributed by atoms with Gasteiger partial charge in [0.05, 0.1) is 0 Å². The first-order valence-electron chi connectivity index (χ1n) is 5.80. The second-order valence-electron chi connectivity index (χ2n) is 4.72. The number of hydrogen-bond acceptors (Lipinski definition) is 1. The van der Waals surface area contributed by atoms with E-state index in [4.69, 9.17) is 0 Å². The van der Waals surface area contributed by atoms with Gasteiger partial charge in [-0.1, -0.05) is 30.3 Å². The van der Waals surface area contributed by atoms with E-state index in [1.54, 1.807) is 0 Å². The van der Waals surface area contributed by atoms with Crippen molar-refractivity contribution in [3.05, 3.63) is 52.7 Å². The van der Waals surface area contributed by atoms with Crippen molar-refractivity contribution in [2.45, 2.75) is 33.6 Å². The molecular formula is C15H19N. The summed E-state index contributed by atoms with van der Waals surface area (Å²) in [6, 6.07) is 6.69. The highest BCUT2D eigenvalue weighted by Gasteiger charge is 2.16. The fourth-order valence-corrected chi connectivity index (χ4v) is 2.24. The number of aryl methyl sites for hydroxylation is 2. The van der Waals surface area contributed by atoms with E-state index in [-0.39, 0.29) is 0 Å². The Labute approximate surface area is 97.9 Å². The minimum atomic E-state index is 1.00. The topological polar surface area (TPSA) is 12.0 Å². The van der Waals surface area contributed by atoms with E-state index in [0.29, 0.717) is 0 Å². The number of hydrogen-bond donors (Lipinski definition) is 1. The maximum absolute atomic E-state index is 3.93. The molecule has 1 aliphatic carbocycles. The molecule has 84 valence electrons. The quantitative estimate of drug-likeness (QED) is 0.788. The molecule has 0 atom stereocenters. The van der Waals surface area contributed by atoms with E-state index >= 15 is 0 Å². The first-order chi connectivity index (χ1) is 7.58. The predicted octanol–water partition coefficient (Wildman–Crippen LogP) is 3.80. The van der Waals surface area contributed by atoms with E-state index in [2.05, 4.69) is 43.9 Å². The number of nitrogens with one attached hydrogen (secondary N) is 1. The monoisotopic (exact) mass is 213 g/mol. The van der Waals surface area contributed by atoms with Crippen LogP contribution in [0.5, 0.6) is 0 Å². The molecule has 0 amide bonds. The van der Waals surface area contributed by atoms with E-state index in [9.17, 15) is 0 Å². The summed E-state index contributed by atoms with van der Waals surface area (Å²) in [5.41, 5.74) is 7.83. The van der Waals surface area contributed by atoms with Gasteiger partial charge in [0.1, 0.15) is 0 Å². The molecule has 1 aromatic rings. The van der Waals surface area contributed by atoms with Crippen LogP contribution in [-0.2, 0) is 6.42 Å². The standard InChI is InChI=1S/C15H19N/c1-10(2)16-15-12(4)6-7-13-9-11(3)5-8-14(13)15/h5,8-9,16H,1,6-7H2,2-4H3. The lowest BCUT2D eigenvalue weighted by molar-refractivity contribution is 0.888. The highest BCUT2D eigenvalue weighted by molar-refractivity contribution is 5.72. The molecule has 0 saturated carbocycles. The maximum atomic E-state index is 3.93. The molecule has 1 N–H and O–H groups in total. The van der Waals surface area contributed by atoms with Crippen molar-refractivity contribution in [3.8, 4) is 0 Å². The molecule has 1 aromatic carbocycles. The lowest BCUT2D eigenvalue weighted by Gasteiger charge is -2.23. The SMILES string of the molecule is C=C(C)NC1=C(C)CCc2cc(C)ccc21. The van der Waals surface area contributed by atoms with Crippen molar-refractivity contribution in [1.82, 2.24) is 5.32 Å². The summed E-state index contributed by atoms with van der Waals surface area (Å²) in [4.78, 5) is 0. The number of allylic oxidation sites excluding steroid dienone is 2. The summed E-state index contributed by atoms with van der Waals surface area (Å²) < 4.78 is 0. The average molecular weight is 213 g/mol. The lowest BCUT2D eigenvalue weighted by Crippen LogP contribution is -2.16. The zero-order valence-corrected chi connectivity index (χ0v) is 10.4. The zero-order chi connectivity index (χ0) is 11.7. The Morgan fingerprint density at radius 3 is 2.69 bits per heavy atom. The Morgan fingerprint density at radius 2 is 2.00 bits per heavy atom. The van der Waals surface area contributed by atoms with Crippen LogP contribution in [-0.4, -0.2) is 0 Å². The summed E-state index contributed by atoms with van der Waals surface area (Å²) in [6.45, 7) is 10.3. The fraction of sp³-hybridized carbons (Fsp3) is 0.333. The Kier molecular flexibility index (Phi) is 2.86. The molecule has 1 nitrogen and oxygen atoms in total. The molecule has 1 heteroatoms. The molecule has 0 bridgehead atoms. The molecule has 0 unspecified atom stereocenters. The minimum absolute atomic E-state index is 1.00. The molecule has 0 fully saturated rings. The van der Waals surface area contributed by atoms with Crippen molar-refractivity contribution in [1.29, 1.82) is 0 Å². The molecule has 0 aromatic heterocycles. The van der Waals surface area contributed by atoms with Crippen LogP contribution in [0.25, 0.3) is 5.70 Å². The van der Waals surface area contributed by atoms with Gasteiger partial charge in [-0.3, -0.25) is 0 Å². The molecule has 0 radical (unpaired) electrons. The third-order valence-corrected chi connectivity index (χ3v) is 3.06. The molecule has 16 heavy (non-hydrogen) atoms. The zero-order valence-electron chi connectivity index (χ0n) is 10.4. The lowest BCUT2D eigenvalue weighted by atomic mass is 9.89. The van der Waals surface area contributed by atoms with Gasteiger partial charge in [0.25, 0.3) is 0 Å². The normalized spacial score (nSPS) is 14.7. The van der Waals surface area contributed by atoms with Gasteiger partial charge < -0.3 is 5.32 Å². The van der Waals surface area contributed by atoms with Crippen molar-refractivity contribution in [2.24, 2.45) is 0 Å². The third-order valence-electron chi connectivity index (χ3n) is 3.06. The Bertz CT molecular complexity index is 466. The van der Waals surface area contributed by atoms with Crippen LogP contribution >= 0.6 is 0 Å². The highest BCUT2D eigenvalue weighted by atomic mass is 14.9. The second kappa shape index (κ2) is 4.17. The van der Waals surface area contributed by atoms with Crippen LogP contribution in [0, 0.1) is 6.92 Å². The third kappa shape index (κ3) is 2.04. The average Bonchev–Trinajstić information content (AvgIpc) is 2.22. The van der Waals surface area contributed by atoms with Gasteiger partial charge >= 0.3 is 0 Å². The van der Waals surface area contributed by atoms with Crippen LogP contribution in [0.15, 0.2) is 36.0 Å². The predicted molar refractivity (Wildman–Crippen MR) is 70.0 cm³/mol. The Hall–Kier alpha value is -1.50. The Balaban J connectivity index is 2.47. The summed E-state index contributed by atoms with van der Waals surface area (Å²) in [5.74, 6) is 0. The molecule has 1 aliphatic rings. The maximum Gasteiger partial charge on any atom is 0.0447 e. The first-order valence-corrected chi connectivity index (χ1v) is 5.80. The first kappa shape index (κ1) is 11.0. The summed E-state index contributed by atoms with van der Waals surface area (Å²) in [5, 5.41) is 3.39. The van der Waals surface area contributed by atoms with Crippen LogP contribution in [0.3, 0.4) is 0 Å². The molecule has 0 aliphatic heterocycles. The molecule has 0 heterocycles.